The van der Waals surface area contributed by atoms with Crippen molar-refractivity contribution in [3.63, 3.8) is 0 Å². The minimum Gasteiger partial charge on any atom is -0.479 e. The number of nitro benzene ring substituents is 1. The third kappa shape index (κ3) is 5.03. The lowest BCUT2D eigenvalue weighted by molar-refractivity contribution is -0.384. The number of nitro groups is 1. The molecule has 1 aromatic carbocycles. The molecule has 116 valence electrons. The zero-order chi connectivity index (χ0) is 15.8. The fourth-order valence-corrected chi connectivity index (χ4v) is 1.74. The van der Waals surface area contributed by atoms with Gasteiger partial charge in [-0.15, -0.1) is 0 Å². The first kappa shape index (κ1) is 16.9. The van der Waals surface area contributed by atoms with Crippen LogP contribution in [0.3, 0.4) is 0 Å². The van der Waals surface area contributed by atoms with Crippen LogP contribution in [-0.4, -0.2) is 30.7 Å². The monoisotopic (exact) mass is 296 g/mol. The van der Waals surface area contributed by atoms with E-state index in [-0.39, 0.29) is 5.69 Å². The lowest BCUT2D eigenvalue weighted by Crippen LogP contribution is -2.26. The van der Waals surface area contributed by atoms with Gasteiger partial charge in [-0.1, -0.05) is 6.92 Å². The highest BCUT2D eigenvalue weighted by Gasteiger charge is 2.18. The average Bonchev–Trinajstić information content (AvgIpc) is 2.47. The van der Waals surface area contributed by atoms with Gasteiger partial charge in [-0.2, -0.15) is 0 Å². The Labute approximate surface area is 123 Å². The van der Waals surface area contributed by atoms with Gasteiger partial charge in [-0.3, -0.25) is 10.1 Å². The Morgan fingerprint density at radius 1 is 1.48 bits per heavy atom. The summed E-state index contributed by atoms with van der Waals surface area (Å²) in [7, 11) is 1.28. The molecular weight excluding hydrogens is 276 g/mol. The summed E-state index contributed by atoms with van der Waals surface area (Å²) in [5.74, 6) is -0.0667. The first-order valence-corrected chi connectivity index (χ1v) is 6.72. The number of carbonyl (C=O) groups excluding carboxylic acids is 1. The highest BCUT2D eigenvalue weighted by Crippen LogP contribution is 2.25. The van der Waals surface area contributed by atoms with Crippen LogP contribution in [0.25, 0.3) is 0 Å². The number of hydrogen-bond acceptors (Lipinski definition) is 6. The minimum atomic E-state index is -0.776. The van der Waals surface area contributed by atoms with E-state index in [2.05, 4.69) is 10.1 Å². The summed E-state index contributed by atoms with van der Waals surface area (Å²) in [4.78, 5) is 21.8. The van der Waals surface area contributed by atoms with Crippen LogP contribution >= 0.6 is 0 Å². The molecule has 1 atom stereocenters. The molecule has 1 unspecified atom stereocenters. The topological polar surface area (TPSA) is 90.7 Å². The standard InChI is InChI=1S/C14H20N2O5/c1-4-7-15-9-11-8-12(16(18)19)5-6-13(11)21-10(2)14(17)20-3/h5-6,8,10,15H,4,7,9H2,1-3H3. The highest BCUT2D eigenvalue weighted by atomic mass is 16.6. The van der Waals surface area contributed by atoms with E-state index >= 15 is 0 Å². The molecule has 0 saturated heterocycles. The van der Waals surface area contributed by atoms with Crippen LogP contribution in [0.4, 0.5) is 5.69 Å². The number of nitrogens with zero attached hydrogens (tertiary/aromatic N) is 1. The number of carbonyl (C=O) groups is 1. The van der Waals surface area contributed by atoms with Gasteiger partial charge in [0.05, 0.1) is 12.0 Å². The fraction of sp³-hybridized carbons (Fsp3) is 0.500. The van der Waals surface area contributed by atoms with Gasteiger partial charge < -0.3 is 14.8 Å². The quantitative estimate of drug-likeness (QED) is 0.341. The van der Waals surface area contributed by atoms with Gasteiger partial charge in [-0.05, 0) is 26.0 Å². The number of benzene rings is 1. The molecular formula is C14H20N2O5. The van der Waals surface area contributed by atoms with Crippen LogP contribution in [0.15, 0.2) is 18.2 Å². The van der Waals surface area contributed by atoms with E-state index in [0.29, 0.717) is 17.9 Å². The second-order valence-electron chi connectivity index (χ2n) is 4.51. The molecule has 0 amide bonds. The van der Waals surface area contributed by atoms with Crippen LogP contribution in [0.2, 0.25) is 0 Å². The molecule has 0 heterocycles. The molecule has 1 aromatic rings. The SMILES string of the molecule is CCCNCc1cc([N+](=O)[O-])ccc1OC(C)C(=O)OC. The molecule has 0 saturated carbocycles. The van der Waals surface area contributed by atoms with Crippen molar-refractivity contribution in [1.82, 2.24) is 5.32 Å². The molecule has 0 bridgehead atoms. The van der Waals surface area contributed by atoms with Gasteiger partial charge in [0.2, 0.25) is 0 Å². The molecule has 7 heteroatoms. The number of methoxy groups -OCH3 is 1. The molecule has 0 aliphatic rings. The zero-order valence-electron chi connectivity index (χ0n) is 12.4. The van der Waals surface area contributed by atoms with Crippen molar-refractivity contribution in [3.05, 3.63) is 33.9 Å². The second-order valence-corrected chi connectivity index (χ2v) is 4.51. The van der Waals surface area contributed by atoms with Crippen LogP contribution in [-0.2, 0) is 16.1 Å². The predicted molar refractivity (Wildman–Crippen MR) is 77.2 cm³/mol. The van der Waals surface area contributed by atoms with Gasteiger partial charge in [0.25, 0.3) is 5.69 Å². The van der Waals surface area contributed by atoms with Crippen molar-refractivity contribution in [2.75, 3.05) is 13.7 Å². The molecule has 21 heavy (non-hydrogen) atoms. The summed E-state index contributed by atoms with van der Waals surface area (Å²) in [6, 6.07) is 4.30. The van der Waals surface area contributed by atoms with Gasteiger partial charge in [0, 0.05) is 24.2 Å². The maximum Gasteiger partial charge on any atom is 0.346 e. The van der Waals surface area contributed by atoms with E-state index in [1.807, 2.05) is 6.92 Å². The Kier molecular flexibility index (Phi) is 6.61. The van der Waals surface area contributed by atoms with Gasteiger partial charge in [-0.25, -0.2) is 4.79 Å². The number of non-ortho nitro benzene ring substituents is 1. The molecule has 0 aliphatic carbocycles. The van der Waals surface area contributed by atoms with Crippen molar-refractivity contribution in [2.45, 2.75) is 32.9 Å². The number of hydrogen-bond donors (Lipinski definition) is 1. The van der Waals surface area contributed by atoms with Gasteiger partial charge >= 0.3 is 5.97 Å². The van der Waals surface area contributed by atoms with Crippen LogP contribution in [0.5, 0.6) is 5.75 Å². The van der Waals surface area contributed by atoms with E-state index in [1.54, 1.807) is 6.92 Å². The van der Waals surface area contributed by atoms with E-state index in [0.717, 1.165) is 13.0 Å². The summed E-state index contributed by atoms with van der Waals surface area (Å²) in [6.45, 7) is 4.81. The first-order valence-electron chi connectivity index (χ1n) is 6.72. The Bertz CT molecular complexity index is 504. The number of nitrogens with one attached hydrogen (secondary N) is 1. The van der Waals surface area contributed by atoms with Gasteiger partial charge in [0.1, 0.15) is 5.75 Å². The zero-order valence-corrected chi connectivity index (χ0v) is 12.4. The molecule has 0 aromatic heterocycles. The average molecular weight is 296 g/mol. The smallest absolute Gasteiger partial charge is 0.346 e. The summed E-state index contributed by atoms with van der Waals surface area (Å²) >= 11 is 0. The van der Waals surface area contributed by atoms with Gasteiger partial charge in [0.15, 0.2) is 6.10 Å². The van der Waals surface area contributed by atoms with Crippen molar-refractivity contribution in [2.24, 2.45) is 0 Å². The lowest BCUT2D eigenvalue weighted by Gasteiger charge is -2.16. The number of ether oxygens (including phenoxy) is 2. The maximum absolute atomic E-state index is 11.4. The second kappa shape index (κ2) is 8.21. The van der Waals surface area contributed by atoms with E-state index in [4.69, 9.17) is 4.74 Å². The summed E-state index contributed by atoms with van der Waals surface area (Å²) < 4.78 is 10.1. The molecule has 1 rings (SSSR count). The van der Waals surface area contributed by atoms with E-state index < -0.39 is 17.0 Å². The first-order chi connectivity index (χ1) is 9.99. The third-order valence-electron chi connectivity index (χ3n) is 2.83. The molecule has 7 nitrogen and oxygen atoms in total. The summed E-state index contributed by atoms with van der Waals surface area (Å²) in [5.41, 5.74) is 0.620. The normalized spacial score (nSPS) is 11.8. The molecule has 0 radical (unpaired) electrons. The third-order valence-corrected chi connectivity index (χ3v) is 2.83. The predicted octanol–water partition coefficient (Wildman–Crippen LogP) is 2.03. The highest BCUT2D eigenvalue weighted by molar-refractivity contribution is 5.74. The van der Waals surface area contributed by atoms with Crippen molar-refractivity contribution in [3.8, 4) is 5.75 Å². The lowest BCUT2D eigenvalue weighted by atomic mass is 10.1. The number of esters is 1. The largest absolute Gasteiger partial charge is 0.479 e. The fourth-order valence-electron chi connectivity index (χ4n) is 1.74. The van der Waals surface area contributed by atoms with E-state index in [9.17, 15) is 14.9 Å². The van der Waals surface area contributed by atoms with Crippen molar-refractivity contribution < 1.29 is 19.2 Å². The Balaban J connectivity index is 2.94. The maximum atomic E-state index is 11.4. The molecule has 0 spiro atoms. The van der Waals surface area contributed by atoms with E-state index in [1.165, 1.54) is 25.3 Å². The van der Waals surface area contributed by atoms with Crippen molar-refractivity contribution >= 4 is 11.7 Å². The Morgan fingerprint density at radius 2 is 2.19 bits per heavy atom. The van der Waals surface area contributed by atoms with Crippen molar-refractivity contribution in [1.29, 1.82) is 0 Å². The van der Waals surface area contributed by atoms with Crippen LogP contribution in [0.1, 0.15) is 25.8 Å². The van der Waals surface area contributed by atoms with Crippen LogP contribution < -0.4 is 10.1 Å². The van der Waals surface area contributed by atoms with Crippen LogP contribution in [0, 0.1) is 10.1 Å². The molecule has 1 N–H and O–H groups in total. The summed E-state index contributed by atoms with van der Waals surface area (Å²) in [5, 5.41) is 14.0. The summed E-state index contributed by atoms with van der Waals surface area (Å²) in [6.07, 6.45) is 0.172. The molecule has 0 aliphatic heterocycles. The minimum absolute atomic E-state index is 0.0126. The Morgan fingerprint density at radius 3 is 2.76 bits per heavy atom. The molecule has 0 fully saturated rings. The number of rotatable bonds is 8. The Hall–Kier alpha value is -2.15.